The third kappa shape index (κ3) is 4.50. The average molecular weight is 396 g/mol. The van der Waals surface area contributed by atoms with Crippen molar-refractivity contribution in [1.29, 1.82) is 0 Å². The molecule has 1 aromatic heterocycles. The first-order valence-electron chi connectivity index (χ1n) is 10.4. The zero-order valence-corrected chi connectivity index (χ0v) is 17.2. The fraction of sp³-hybridized carbons (Fsp3) is 0.500. The first-order valence-corrected chi connectivity index (χ1v) is 10.4. The molecule has 2 aromatic rings. The van der Waals surface area contributed by atoms with Crippen LogP contribution in [0.5, 0.6) is 0 Å². The number of benzene rings is 1. The number of rotatable bonds is 5. The second-order valence-corrected chi connectivity index (χ2v) is 8.19. The lowest BCUT2D eigenvalue weighted by Gasteiger charge is -2.27. The van der Waals surface area contributed by atoms with Crippen molar-refractivity contribution in [1.82, 2.24) is 20.0 Å². The van der Waals surface area contributed by atoms with E-state index < -0.39 is 0 Å². The number of hydrogen-bond donors (Lipinski definition) is 2. The number of aromatic nitrogens is 2. The minimum atomic E-state index is -0.0682. The number of nitrogens with zero attached hydrogens (tertiary/aromatic N) is 3. The van der Waals surface area contributed by atoms with Crippen molar-refractivity contribution in [3.8, 4) is 0 Å². The smallest absolute Gasteiger partial charge is 0.272 e. The zero-order valence-electron chi connectivity index (χ0n) is 17.2. The maximum absolute atomic E-state index is 12.8. The highest BCUT2D eigenvalue weighted by atomic mass is 16.2. The molecule has 2 heterocycles. The van der Waals surface area contributed by atoms with Gasteiger partial charge in [-0.25, -0.2) is 0 Å². The summed E-state index contributed by atoms with van der Waals surface area (Å²) < 4.78 is 1.87. The second kappa shape index (κ2) is 8.37. The van der Waals surface area contributed by atoms with Crippen molar-refractivity contribution in [3.63, 3.8) is 0 Å². The van der Waals surface area contributed by atoms with Crippen LogP contribution in [-0.2, 0) is 31.4 Å². The van der Waals surface area contributed by atoms with Crippen LogP contribution < -0.4 is 10.6 Å². The van der Waals surface area contributed by atoms with Gasteiger partial charge < -0.3 is 10.6 Å². The summed E-state index contributed by atoms with van der Waals surface area (Å²) in [5, 5.41) is 10.5. The van der Waals surface area contributed by atoms with Gasteiger partial charge in [-0.2, -0.15) is 5.10 Å². The second-order valence-electron chi connectivity index (χ2n) is 8.19. The molecule has 29 heavy (non-hydrogen) atoms. The number of amides is 2. The van der Waals surface area contributed by atoms with Gasteiger partial charge in [0.15, 0.2) is 5.69 Å². The molecule has 2 aliphatic rings. The Labute approximate surface area is 171 Å². The Morgan fingerprint density at radius 1 is 1.17 bits per heavy atom. The molecule has 1 aromatic carbocycles. The number of aryl methyl sites for hydroxylation is 1. The van der Waals surface area contributed by atoms with Crippen LogP contribution in [0.25, 0.3) is 0 Å². The molecule has 1 fully saturated rings. The van der Waals surface area contributed by atoms with E-state index in [2.05, 4.69) is 20.6 Å². The third-order valence-electron chi connectivity index (χ3n) is 5.91. The molecule has 0 bridgehead atoms. The highest BCUT2D eigenvalue weighted by Gasteiger charge is 2.28. The molecule has 1 aliphatic heterocycles. The first-order chi connectivity index (χ1) is 14.0. The maximum atomic E-state index is 12.8. The van der Waals surface area contributed by atoms with Crippen LogP contribution in [0.3, 0.4) is 0 Å². The van der Waals surface area contributed by atoms with Crippen molar-refractivity contribution in [2.75, 3.05) is 11.9 Å². The number of nitrogens with one attached hydrogen (secondary N) is 2. The quantitative estimate of drug-likeness (QED) is 0.816. The molecular weight excluding hydrogens is 366 g/mol. The summed E-state index contributed by atoms with van der Waals surface area (Å²) >= 11 is 0. The summed E-state index contributed by atoms with van der Waals surface area (Å²) in [7, 11) is 1.93. The summed E-state index contributed by atoms with van der Waals surface area (Å²) in [5.41, 5.74) is 4.80. The van der Waals surface area contributed by atoms with E-state index in [0.29, 0.717) is 11.7 Å². The Balaban J connectivity index is 1.44. The lowest BCUT2D eigenvalue weighted by molar-refractivity contribution is -0.114. The van der Waals surface area contributed by atoms with Gasteiger partial charge in [-0.1, -0.05) is 25.0 Å². The van der Waals surface area contributed by atoms with Crippen molar-refractivity contribution in [2.24, 2.45) is 7.05 Å². The number of anilines is 1. The highest BCUT2D eigenvalue weighted by molar-refractivity contribution is 5.94. The summed E-state index contributed by atoms with van der Waals surface area (Å²) in [6.07, 6.45) is 5.42. The lowest BCUT2D eigenvalue weighted by atomic mass is 10.0. The van der Waals surface area contributed by atoms with E-state index in [1.165, 1.54) is 31.0 Å². The molecule has 154 valence electrons. The SMILES string of the molecule is CC(=O)Nc1ccc(CN2CCc3c(c(C(=O)NC4CCCC4)nn3C)C2)cc1. The molecule has 2 amide bonds. The summed E-state index contributed by atoms with van der Waals surface area (Å²) in [6.45, 7) is 3.97. The molecular formula is C22H29N5O2. The van der Waals surface area contributed by atoms with Gasteiger partial charge in [-0.3, -0.25) is 19.2 Å². The number of hydrogen-bond acceptors (Lipinski definition) is 4. The lowest BCUT2D eigenvalue weighted by Crippen LogP contribution is -2.35. The molecule has 1 aliphatic carbocycles. The van der Waals surface area contributed by atoms with Gasteiger partial charge in [0.1, 0.15) is 0 Å². The van der Waals surface area contributed by atoms with Crippen molar-refractivity contribution in [3.05, 3.63) is 46.8 Å². The summed E-state index contributed by atoms with van der Waals surface area (Å²) in [6, 6.07) is 8.23. The minimum Gasteiger partial charge on any atom is -0.348 e. The van der Waals surface area contributed by atoms with Crippen LogP contribution in [0.15, 0.2) is 24.3 Å². The van der Waals surface area contributed by atoms with E-state index in [1.54, 1.807) is 0 Å². The Morgan fingerprint density at radius 3 is 2.59 bits per heavy atom. The standard InChI is InChI=1S/C22H29N5O2/c1-15(28)23-18-9-7-16(8-10-18)13-27-12-11-20-19(14-27)21(25-26(20)2)22(29)24-17-5-3-4-6-17/h7-10,17H,3-6,11-14H2,1-2H3,(H,23,28)(H,24,29). The normalized spacial score (nSPS) is 17.2. The molecule has 1 saturated carbocycles. The number of carbonyl (C=O) groups excluding carboxylic acids is 2. The van der Waals surface area contributed by atoms with Crippen LogP contribution in [0.4, 0.5) is 5.69 Å². The molecule has 0 atom stereocenters. The van der Waals surface area contributed by atoms with Gasteiger partial charge in [0, 0.05) is 63.0 Å². The van der Waals surface area contributed by atoms with Gasteiger partial charge in [0.25, 0.3) is 5.91 Å². The number of fused-ring (bicyclic) bond motifs is 1. The first kappa shape index (κ1) is 19.6. The van der Waals surface area contributed by atoms with Crippen molar-refractivity contribution in [2.45, 2.75) is 58.2 Å². The zero-order chi connectivity index (χ0) is 20.4. The monoisotopic (exact) mass is 395 g/mol. The molecule has 4 rings (SSSR count). The van der Waals surface area contributed by atoms with Gasteiger partial charge in [-0.15, -0.1) is 0 Å². The average Bonchev–Trinajstić information content (AvgIpc) is 3.31. The van der Waals surface area contributed by atoms with E-state index in [0.717, 1.165) is 50.1 Å². The van der Waals surface area contributed by atoms with E-state index in [-0.39, 0.29) is 11.8 Å². The minimum absolute atomic E-state index is 0.0322. The Bertz CT molecular complexity index is 897. The van der Waals surface area contributed by atoms with Crippen molar-refractivity contribution >= 4 is 17.5 Å². The van der Waals surface area contributed by atoms with E-state index in [9.17, 15) is 9.59 Å². The Hall–Kier alpha value is -2.67. The largest absolute Gasteiger partial charge is 0.348 e. The van der Waals surface area contributed by atoms with E-state index in [1.807, 2.05) is 36.0 Å². The maximum Gasteiger partial charge on any atom is 0.272 e. The van der Waals surface area contributed by atoms with Gasteiger partial charge in [0.05, 0.1) is 0 Å². The molecule has 0 spiro atoms. The topological polar surface area (TPSA) is 79.3 Å². The molecule has 2 N–H and O–H groups in total. The molecule has 7 nitrogen and oxygen atoms in total. The fourth-order valence-electron chi connectivity index (χ4n) is 4.44. The van der Waals surface area contributed by atoms with Crippen LogP contribution in [0.1, 0.15) is 59.9 Å². The predicted molar refractivity (Wildman–Crippen MR) is 111 cm³/mol. The Kier molecular flexibility index (Phi) is 5.67. The van der Waals surface area contributed by atoms with Gasteiger partial charge in [0.2, 0.25) is 5.91 Å². The summed E-state index contributed by atoms with van der Waals surface area (Å²) in [5.74, 6) is -0.100. The number of carbonyl (C=O) groups is 2. The summed E-state index contributed by atoms with van der Waals surface area (Å²) in [4.78, 5) is 26.4. The van der Waals surface area contributed by atoms with Crippen LogP contribution >= 0.6 is 0 Å². The van der Waals surface area contributed by atoms with Crippen LogP contribution in [0, 0.1) is 0 Å². The Morgan fingerprint density at radius 2 is 1.90 bits per heavy atom. The van der Waals surface area contributed by atoms with Crippen molar-refractivity contribution < 1.29 is 9.59 Å². The van der Waals surface area contributed by atoms with Gasteiger partial charge in [-0.05, 0) is 30.5 Å². The molecule has 0 radical (unpaired) electrons. The predicted octanol–water partition coefficient (Wildman–Crippen LogP) is 2.61. The van der Waals surface area contributed by atoms with E-state index >= 15 is 0 Å². The molecule has 0 saturated heterocycles. The van der Waals surface area contributed by atoms with Crippen LogP contribution in [0.2, 0.25) is 0 Å². The molecule has 0 unspecified atom stereocenters. The molecule has 7 heteroatoms. The van der Waals surface area contributed by atoms with Gasteiger partial charge >= 0.3 is 0 Å². The fourth-order valence-corrected chi connectivity index (χ4v) is 4.44. The van der Waals surface area contributed by atoms with Crippen LogP contribution in [-0.4, -0.2) is 39.1 Å². The highest BCUT2D eigenvalue weighted by Crippen LogP contribution is 2.25. The third-order valence-corrected chi connectivity index (χ3v) is 5.91. The van der Waals surface area contributed by atoms with E-state index in [4.69, 9.17) is 0 Å².